The summed E-state index contributed by atoms with van der Waals surface area (Å²) in [6.07, 6.45) is 0. The molecule has 5 heteroatoms. The Morgan fingerprint density at radius 3 is 2.27 bits per heavy atom. The van der Waals surface area contributed by atoms with E-state index in [0.717, 1.165) is 21.9 Å². The highest BCUT2D eigenvalue weighted by molar-refractivity contribution is 6.30. The van der Waals surface area contributed by atoms with Crippen molar-refractivity contribution >= 4 is 33.9 Å². The number of hydrogen-bond donors (Lipinski definition) is 2. The maximum Gasteiger partial charge on any atom is 0.335 e. The molecular weight excluding hydrogens is 400 g/mol. The minimum absolute atomic E-state index is 0.0176. The van der Waals surface area contributed by atoms with E-state index in [1.54, 1.807) is 42.5 Å². The summed E-state index contributed by atoms with van der Waals surface area (Å²) in [4.78, 5) is 11.1. The average molecular weight is 417 g/mol. The predicted molar refractivity (Wildman–Crippen MR) is 119 cm³/mol. The molecule has 0 unspecified atom stereocenters. The van der Waals surface area contributed by atoms with Crippen molar-refractivity contribution in [2.45, 2.75) is 0 Å². The SMILES string of the molecule is C=C(C(=O)O)c1ccc(Oc2c(-c3ccc(Cl)cc3)ccc3cc(O)ccc23)cc1. The second-order valence-electron chi connectivity index (χ2n) is 6.76. The average Bonchev–Trinajstić information content (AvgIpc) is 2.74. The number of carboxylic acids is 1. The van der Waals surface area contributed by atoms with Gasteiger partial charge in [-0.05, 0) is 65.0 Å². The van der Waals surface area contributed by atoms with Gasteiger partial charge in [-0.15, -0.1) is 0 Å². The van der Waals surface area contributed by atoms with Crippen LogP contribution in [0.4, 0.5) is 0 Å². The van der Waals surface area contributed by atoms with E-state index in [1.807, 2.05) is 36.4 Å². The summed E-state index contributed by atoms with van der Waals surface area (Å²) in [5.41, 5.74) is 2.32. The Morgan fingerprint density at radius 1 is 0.900 bits per heavy atom. The summed E-state index contributed by atoms with van der Waals surface area (Å²) in [6.45, 7) is 3.57. The van der Waals surface area contributed by atoms with Gasteiger partial charge in [-0.2, -0.15) is 0 Å². The van der Waals surface area contributed by atoms with Crippen LogP contribution in [0.3, 0.4) is 0 Å². The third-order valence-electron chi connectivity index (χ3n) is 4.79. The molecule has 0 saturated carbocycles. The van der Waals surface area contributed by atoms with Gasteiger partial charge in [0, 0.05) is 16.0 Å². The number of phenols is 1. The van der Waals surface area contributed by atoms with Crippen molar-refractivity contribution in [2.24, 2.45) is 0 Å². The summed E-state index contributed by atoms with van der Waals surface area (Å²) >= 11 is 6.04. The number of phenolic OH excluding ortho intramolecular Hbond substituents is 1. The molecule has 0 spiro atoms. The van der Waals surface area contributed by atoms with Crippen molar-refractivity contribution in [3.8, 4) is 28.4 Å². The number of hydrogen-bond acceptors (Lipinski definition) is 3. The molecule has 0 aliphatic rings. The second kappa shape index (κ2) is 7.93. The van der Waals surface area contributed by atoms with Gasteiger partial charge in [-0.1, -0.05) is 48.5 Å². The topological polar surface area (TPSA) is 66.8 Å². The summed E-state index contributed by atoms with van der Waals surface area (Å²) in [5.74, 6) is 0.277. The lowest BCUT2D eigenvalue weighted by Gasteiger charge is -2.15. The minimum atomic E-state index is -1.07. The van der Waals surface area contributed by atoms with Gasteiger partial charge in [-0.3, -0.25) is 0 Å². The van der Waals surface area contributed by atoms with Crippen molar-refractivity contribution in [1.82, 2.24) is 0 Å². The fourth-order valence-corrected chi connectivity index (χ4v) is 3.35. The molecule has 0 bridgehead atoms. The van der Waals surface area contributed by atoms with Gasteiger partial charge in [0.05, 0.1) is 5.57 Å². The molecule has 2 N–H and O–H groups in total. The minimum Gasteiger partial charge on any atom is -0.508 e. The van der Waals surface area contributed by atoms with E-state index in [-0.39, 0.29) is 11.3 Å². The van der Waals surface area contributed by atoms with Gasteiger partial charge >= 0.3 is 5.97 Å². The van der Waals surface area contributed by atoms with Crippen molar-refractivity contribution in [3.63, 3.8) is 0 Å². The van der Waals surface area contributed by atoms with Crippen molar-refractivity contribution < 1.29 is 19.7 Å². The first kappa shape index (κ1) is 19.6. The number of halogens is 1. The van der Waals surface area contributed by atoms with Crippen LogP contribution in [0.5, 0.6) is 17.2 Å². The van der Waals surface area contributed by atoms with Gasteiger partial charge in [0.15, 0.2) is 0 Å². The zero-order valence-corrected chi connectivity index (χ0v) is 16.6. The number of fused-ring (bicyclic) bond motifs is 1. The third-order valence-corrected chi connectivity index (χ3v) is 5.04. The number of ether oxygens (including phenoxy) is 1. The molecule has 0 heterocycles. The van der Waals surface area contributed by atoms with Crippen LogP contribution in [0.1, 0.15) is 5.56 Å². The molecule has 0 amide bonds. The van der Waals surface area contributed by atoms with Crippen molar-refractivity contribution in [2.75, 3.05) is 0 Å². The van der Waals surface area contributed by atoms with E-state index in [0.29, 0.717) is 22.1 Å². The number of benzene rings is 4. The predicted octanol–water partition coefficient (Wildman–Crippen LogP) is 6.76. The Morgan fingerprint density at radius 2 is 1.60 bits per heavy atom. The third kappa shape index (κ3) is 3.86. The maximum atomic E-state index is 11.1. The van der Waals surface area contributed by atoms with Crippen molar-refractivity contribution in [1.29, 1.82) is 0 Å². The zero-order chi connectivity index (χ0) is 21.3. The summed E-state index contributed by atoms with van der Waals surface area (Å²) < 4.78 is 6.25. The summed E-state index contributed by atoms with van der Waals surface area (Å²) in [7, 11) is 0. The smallest absolute Gasteiger partial charge is 0.335 e. The van der Waals surface area contributed by atoms with Crippen LogP contribution in [0.2, 0.25) is 5.02 Å². The fourth-order valence-electron chi connectivity index (χ4n) is 3.22. The fraction of sp³-hybridized carbons (Fsp3) is 0. The van der Waals surface area contributed by atoms with Gasteiger partial charge in [-0.25, -0.2) is 4.79 Å². The van der Waals surface area contributed by atoms with Crippen molar-refractivity contribution in [3.05, 3.63) is 96.0 Å². The van der Waals surface area contributed by atoms with Gasteiger partial charge < -0.3 is 14.9 Å². The number of aliphatic carboxylic acids is 1. The van der Waals surface area contributed by atoms with E-state index in [2.05, 4.69) is 6.58 Å². The lowest BCUT2D eigenvalue weighted by atomic mass is 9.99. The molecule has 0 aromatic heterocycles. The molecule has 30 heavy (non-hydrogen) atoms. The van der Waals surface area contributed by atoms with Crippen LogP contribution < -0.4 is 4.74 Å². The highest BCUT2D eigenvalue weighted by Crippen LogP contribution is 2.40. The highest BCUT2D eigenvalue weighted by atomic mass is 35.5. The Bertz CT molecular complexity index is 1260. The second-order valence-corrected chi connectivity index (χ2v) is 7.20. The van der Waals surface area contributed by atoms with Crippen LogP contribution in [0.15, 0.2) is 85.4 Å². The number of aromatic hydroxyl groups is 1. The lowest BCUT2D eigenvalue weighted by molar-refractivity contribution is -0.130. The highest BCUT2D eigenvalue weighted by Gasteiger charge is 2.14. The van der Waals surface area contributed by atoms with Crippen LogP contribution in [0, 0.1) is 0 Å². The molecule has 148 valence electrons. The normalized spacial score (nSPS) is 10.7. The zero-order valence-electron chi connectivity index (χ0n) is 15.8. The Hall–Kier alpha value is -3.76. The standard InChI is InChI=1S/C25H17ClO4/c1-15(25(28)29)16-4-10-21(11-5-16)30-24-22(17-2-7-19(26)8-3-17)12-6-18-14-20(27)9-13-23(18)24/h2-14,27H,1H2,(H,28,29). The first-order valence-corrected chi connectivity index (χ1v) is 9.52. The number of carbonyl (C=O) groups is 1. The van der Waals surface area contributed by atoms with E-state index in [1.165, 1.54) is 0 Å². The number of rotatable bonds is 5. The molecule has 4 nitrogen and oxygen atoms in total. The first-order chi connectivity index (χ1) is 14.4. The Labute approximate surface area is 178 Å². The lowest BCUT2D eigenvalue weighted by Crippen LogP contribution is -1.97. The van der Waals surface area contributed by atoms with Crippen LogP contribution in [-0.4, -0.2) is 16.2 Å². The number of carboxylic acid groups (broad SMARTS) is 1. The van der Waals surface area contributed by atoms with E-state index in [9.17, 15) is 9.90 Å². The molecular formula is C25H17ClO4. The molecule has 0 saturated heterocycles. The quantitative estimate of drug-likeness (QED) is 0.353. The van der Waals surface area contributed by atoms with E-state index in [4.69, 9.17) is 21.4 Å². The van der Waals surface area contributed by atoms with Crippen LogP contribution in [0.25, 0.3) is 27.5 Å². The summed E-state index contributed by atoms with van der Waals surface area (Å²) in [5, 5.41) is 21.3. The van der Waals surface area contributed by atoms with Gasteiger partial charge in [0.25, 0.3) is 0 Å². The molecule has 0 aliphatic heterocycles. The molecule has 0 fully saturated rings. The molecule has 0 aliphatic carbocycles. The summed E-state index contributed by atoms with van der Waals surface area (Å²) in [6, 6.07) is 23.1. The molecule has 4 rings (SSSR count). The molecule has 0 atom stereocenters. The first-order valence-electron chi connectivity index (χ1n) is 9.14. The monoisotopic (exact) mass is 416 g/mol. The molecule has 4 aromatic rings. The van der Waals surface area contributed by atoms with E-state index >= 15 is 0 Å². The van der Waals surface area contributed by atoms with Crippen LogP contribution >= 0.6 is 11.6 Å². The maximum absolute atomic E-state index is 11.1. The Kier molecular flexibility index (Phi) is 5.17. The largest absolute Gasteiger partial charge is 0.508 e. The molecule has 0 radical (unpaired) electrons. The Balaban J connectivity index is 1.81. The van der Waals surface area contributed by atoms with Crippen LogP contribution in [-0.2, 0) is 4.79 Å². The van der Waals surface area contributed by atoms with Gasteiger partial charge in [0.1, 0.15) is 17.2 Å². The van der Waals surface area contributed by atoms with Gasteiger partial charge in [0.2, 0.25) is 0 Å². The molecule has 4 aromatic carbocycles. The van der Waals surface area contributed by atoms with E-state index < -0.39 is 5.97 Å².